The van der Waals surface area contributed by atoms with Gasteiger partial charge in [0.2, 0.25) is 0 Å². The maximum Gasteiger partial charge on any atom is 0.273 e. The summed E-state index contributed by atoms with van der Waals surface area (Å²) in [6.07, 6.45) is 0. The first kappa shape index (κ1) is 16.0. The van der Waals surface area contributed by atoms with Crippen LogP contribution in [0.1, 0.15) is 15.9 Å². The number of nitro benzene ring substituents is 1. The molecule has 0 saturated heterocycles. The van der Waals surface area contributed by atoms with Gasteiger partial charge in [-0.15, -0.1) is 0 Å². The number of hydrogen-bond acceptors (Lipinski definition) is 6. The summed E-state index contributed by atoms with van der Waals surface area (Å²) in [5.74, 6) is -0.731. The van der Waals surface area contributed by atoms with Crippen molar-refractivity contribution < 1.29 is 25.0 Å². The Morgan fingerprint density at radius 3 is 2.30 bits per heavy atom. The van der Waals surface area contributed by atoms with Crippen LogP contribution in [-0.4, -0.2) is 51.5 Å². The largest absolute Gasteiger partial charge is 0.394 e. The van der Waals surface area contributed by atoms with Gasteiger partial charge in [-0.25, -0.2) is 0 Å². The number of nitrogens with one attached hydrogen (secondary N) is 1. The topological polar surface area (TPSA) is 133 Å². The van der Waals surface area contributed by atoms with Gasteiger partial charge in [-0.3, -0.25) is 14.9 Å². The molecule has 0 fully saturated rings. The average molecular weight is 284 g/mol. The van der Waals surface area contributed by atoms with Crippen molar-refractivity contribution in [1.82, 2.24) is 5.32 Å². The molecule has 0 aliphatic carbocycles. The Hall–Kier alpha value is -2.03. The lowest BCUT2D eigenvalue weighted by Crippen LogP contribution is -2.57. The van der Waals surface area contributed by atoms with E-state index in [9.17, 15) is 14.9 Å². The van der Waals surface area contributed by atoms with Crippen LogP contribution in [0, 0.1) is 17.0 Å². The Morgan fingerprint density at radius 1 is 1.30 bits per heavy atom. The predicted octanol–water partition coefficient (Wildman–Crippen LogP) is -0.651. The van der Waals surface area contributed by atoms with Gasteiger partial charge in [0.1, 0.15) is 5.54 Å². The lowest BCUT2D eigenvalue weighted by atomic mass is 10.0. The second-order valence-corrected chi connectivity index (χ2v) is 4.47. The van der Waals surface area contributed by atoms with Crippen LogP contribution < -0.4 is 5.32 Å². The van der Waals surface area contributed by atoms with Crippen LogP contribution in [-0.2, 0) is 0 Å². The van der Waals surface area contributed by atoms with Crippen molar-refractivity contribution in [1.29, 1.82) is 0 Å². The number of carbonyl (C=O) groups is 1. The van der Waals surface area contributed by atoms with Crippen LogP contribution in [0.25, 0.3) is 0 Å². The Kier molecular flexibility index (Phi) is 5.14. The predicted molar refractivity (Wildman–Crippen MR) is 69.3 cm³/mol. The Labute approximate surface area is 114 Å². The highest BCUT2D eigenvalue weighted by Crippen LogP contribution is 2.19. The molecule has 0 aromatic heterocycles. The van der Waals surface area contributed by atoms with E-state index in [1.54, 1.807) is 6.92 Å². The van der Waals surface area contributed by atoms with Crippen molar-refractivity contribution in [3.05, 3.63) is 39.4 Å². The zero-order chi connectivity index (χ0) is 15.3. The van der Waals surface area contributed by atoms with Crippen LogP contribution in [0.2, 0.25) is 0 Å². The first-order chi connectivity index (χ1) is 9.39. The fourth-order valence-corrected chi connectivity index (χ4v) is 1.53. The number of amides is 1. The molecule has 0 radical (unpaired) electrons. The SMILES string of the molecule is Cc1ccc(C(=O)NC(CO)(CO)CO)cc1[N+](=O)[O-]. The molecule has 110 valence electrons. The summed E-state index contributed by atoms with van der Waals surface area (Å²) in [6, 6.07) is 3.90. The van der Waals surface area contributed by atoms with E-state index in [2.05, 4.69) is 5.32 Å². The van der Waals surface area contributed by atoms with Crippen molar-refractivity contribution in [2.75, 3.05) is 19.8 Å². The molecule has 0 bridgehead atoms. The van der Waals surface area contributed by atoms with Crippen LogP contribution in [0.5, 0.6) is 0 Å². The number of rotatable bonds is 6. The molecule has 1 aromatic rings. The number of nitro groups is 1. The Morgan fingerprint density at radius 2 is 1.85 bits per heavy atom. The minimum atomic E-state index is -1.57. The zero-order valence-electron chi connectivity index (χ0n) is 10.9. The lowest BCUT2D eigenvalue weighted by Gasteiger charge is -2.28. The Balaban J connectivity index is 3.04. The van der Waals surface area contributed by atoms with E-state index in [1.165, 1.54) is 12.1 Å². The molecule has 0 atom stereocenters. The smallest absolute Gasteiger partial charge is 0.273 e. The summed E-state index contributed by atoms with van der Waals surface area (Å²) in [5, 5.41) is 40.4. The number of carbonyl (C=O) groups excluding carboxylic acids is 1. The summed E-state index contributed by atoms with van der Waals surface area (Å²) in [4.78, 5) is 22.2. The molecular formula is C12H16N2O6. The van der Waals surface area contributed by atoms with Gasteiger partial charge in [0.05, 0.1) is 24.7 Å². The molecular weight excluding hydrogens is 268 g/mol. The molecule has 0 aliphatic rings. The Bertz CT molecular complexity index is 504. The quantitative estimate of drug-likeness (QED) is 0.405. The van der Waals surface area contributed by atoms with Crippen LogP contribution in [0.15, 0.2) is 18.2 Å². The van der Waals surface area contributed by atoms with Crippen LogP contribution >= 0.6 is 0 Å². The number of hydrogen-bond donors (Lipinski definition) is 4. The molecule has 1 rings (SSSR count). The third-order valence-corrected chi connectivity index (χ3v) is 2.95. The fraction of sp³-hybridized carbons (Fsp3) is 0.417. The van der Waals surface area contributed by atoms with Crippen LogP contribution in [0.4, 0.5) is 5.69 Å². The van der Waals surface area contributed by atoms with Crippen molar-refractivity contribution >= 4 is 11.6 Å². The molecule has 20 heavy (non-hydrogen) atoms. The van der Waals surface area contributed by atoms with E-state index >= 15 is 0 Å². The number of nitrogens with zero attached hydrogens (tertiary/aromatic N) is 1. The molecule has 0 aliphatic heterocycles. The summed E-state index contributed by atoms with van der Waals surface area (Å²) in [7, 11) is 0. The average Bonchev–Trinajstić information content (AvgIpc) is 2.45. The number of aliphatic hydroxyl groups is 3. The van der Waals surface area contributed by atoms with Crippen molar-refractivity contribution in [2.24, 2.45) is 0 Å². The lowest BCUT2D eigenvalue weighted by molar-refractivity contribution is -0.385. The van der Waals surface area contributed by atoms with E-state index in [0.717, 1.165) is 6.07 Å². The zero-order valence-corrected chi connectivity index (χ0v) is 10.9. The van der Waals surface area contributed by atoms with Gasteiger partial charge >= 0.3 is 0 Å². The summed E-state index contributed by atoms with van der Waals surface area (Å²) < 4.78 is 0. The maximum atomic E-state index is 12.0. The summed E-state index contributed by atoms with van der Waals surface area (Å²) in [5.41, 5.74) is -1.37. The monoisotopic (exact) mass is 284 g/mol. The van der Waals surface area contributed by atoms with E-state index in [-0.39, 0.29) is 11.3 Å². The third kappa shape index (κ3) is 3.29. The molecule has 0 saturated carbocycles. The van der Waals surface area contributed by atoms with E-state index in [0.29, 0.717) is 5.56 Å². The number of aliphatic hydroxyl groups excluding tert-OH is 3. The maximum absolute atomic E-state index is 12.0. The second kappa shape index (κ2) is 6.42. The molecule has 8 nitrogen and oxygen atoms in total. The first-order valence-electron chi connectivity index (χ1n) is 5.79. The number of aryl methyl sites for hydroxylation is 1. The highest BCUT2D eigenvalue weighted by molar-refractivity contribution is 5.95. The first-order valence-corrected chi connectivity index (χ1v) is 5.79. The van der Waals surface area contributed by atoms with Gasteiger partial charge in [0.25, 0.3) is 11.6 Å². The minimum absolute atomic E-state index is 0.00188. The van der Waals surface area contributed by atoms with Gasteiger partial charge in [-0.2, -0.15) is 0 Å². The molecule has 0 heterocycles. The normalized spacial score (nSPS) is 11.2. The van der Waals surface area contributed by atoms with E-state index in [4.69, 9.17) is 15.3 Å². The van der Waals surface area contributed by atoms with Crippen molar-refractivity contribution in [3.63, 3.8) is 0 Å². The second-order valence-electron chi connectivity index (χ2n) is 4.47. The standard InChI is InChI=1S/C12H16N2O6/c1-8-2-3-9(4-10(8)14(19)20)11(18)13-12(5-15,6-16)7-17/h2-4,15-17H,5-7H2,1H3,(H,13,18). The fourth-order valence-electron chi connectivity index (χ4n) is 1.53. The van der Waals surface area contributed by atoms with Gasteiger partial charge < -0.3 is 20.6 Å². The molecule has 8 heteroatoms. The molecule has 0 unspecified atom stereocenters. The van der Waals surface area contributed by atoms with Gasteiger partial charge in [0.15, 0.2) is 0 Å². The minimum Gasteiger partial charge on any atom is -0.394 e. The summed E-state index contributed by atoms with van der Waals surface area (Å²) >= 11 is 0. The highest BCUT2D eigenvalue weighted by Gasteiger charge is 2.30. The third-order valence-electron chi connectivity index (χ3n) is 2.95. The van der Waals surface area contributed by atoms with Crippen molar-refractivity contribution in [2.45, 2.75) is 12.5 Å². The van der Waals surface area contributed by atoms with E-state index in [1.807, 2.05) is 0 Å². The number of benzene rings is 1. The van der Waals surface area contributed by atoms with Gasteiger partial charge in [0, 0.05) is 17.2 Å². The van der Waals surface area contributed by atoms with Crippen LogP contribution in [0.3, 0.4) is 0 Å². The molecule has 4 N–H and O–H groups in total. The van der Waals surface area contributed by atoms with Crippen molar-refractivity contribution in [3.8, 4) is 0 Å². The molecule has 1 amide bonds. The highest BCUT2D eigenvalue weighted by atomic mass is 16.6. The molecule has 1 aromatic carbocycles. The van der Waals surface area contributed by atoms with E-state index < -0.39 is 36.2 Å². The van der Waals surface area contributed by atoms with Gasteiger partial charge in [-0.05, 0) is 13.0 Å². The summed E-state index contributed by atoms with van der Waals surface area (Å²) in [6.45, 7) is -0.460. The van der Waals surface area contributed by atoms with Gasteiger partial charge in [-0.1, -0.05) is 6.07 Å². The molecule has 0 spiro atoms.